The van der Waals surface area contributed by atoms with Gasteiger partial charge in [-0.05, 0) is 0 Å². The van der Waals surface area contributed by atoms with Gasteiger partial charge in [0.1, 0.15) is 5.82 Å². The first-order chi connectivity index (χ1) is 5.74. The number of methoxy groups -OCH3 is 1. The average molecular weight is 172 g/mol. The van der Waals surface area contributed by atoms with Gasteiger partial charge < -0.3 is 15.2 Å². The Morgan fingerprint density at radius 3 is 3.08 bits per heavy atom. The van der Waals surface area contributed by atoms with E-state index in [1.54, 1.807) is 0 Å². The van der Waals surface area contributed by atoms with Crippen molar-refractivity contribution in [1.29, 1.82) is 0 Å². The molecule has 1 aromatic rings. The monoisotopic (exact) mass is 172 g/mol. The van der Waals surface area contributed by atoms with Crippen LogP contribution in [-0.4, -0.2) is 18.9 Å². The van der Waals surface area contributed by atoms with E-state index in [1.165, 1.54) is 7.11 Å². The van der Waals surface area contributed by atoms with Crippen LogP contribution >= 0.6 is 0 Å². The van der Waals surface area contributed by atoms with Crippen molar-refractivity contribution >= 4 is 5.82 Å². The lowest BCUT2D eigenvalue weighted by molar-refractivity contribution is 0.0512. The number of halogens is 1. The summed E-state index contributed by atoms with van der Waals surface area (Å²) < 4.78 is 22.1. The predicted octanol–water partition coefficient (Wildman–Crippen LogP) is 0.786. The first kappa shape index (κ1) is 8.73. The lowest BCUT2D eigenvalue weighted by Gasteiger charge is -2.05. The van der Waals surface area contributed by atoms with E-state index in [0.717, 1.165) is 12.3 Å². The highest BCUT2D eigenvalue weighted by atomic mass is 19.1. The van der Waals surface area contributed by atoms with E-state index in [-0.39, 0.29) is 18.4 Å². The lowest BCUT2D eigenvalue weighted by atomic mass is 10.4. The lowest BCUT2D eigenvalue weighted by Crippen LogP contribution is -2.03. The summed E-state index contributed by atoms with van der Waals surface area (Å²) in [6.45, 7) is 0.0231. The van der Waals surface area contributed by atoms with Crippen LogP contribution in [0.2, 0.25) is 0 Å². The molecule has 0 fully saturated rings. The van der Waals surface area contributed by atoms with Gasteiger partial charge >= 0.3 is 0 Å². The number of nitrogen functional groups attached to an aromatic ring is 1. The van der Waals surface area contributed by atoms with Gasteiger partial charge in [0.15, 0.2) is 18.4 Å². The zero-order valence-corrected chi connectivity index (χ0v) is 6.58. The third-order valence-electron chi connectivity index (χ3n) is 1.18. The van der Waals surface area contributed by atoms with Gasteiger partial charge in [0, 0.05) is 13.2 Å². The number of nitrogens with zero attached hydrogens (tertiary/aromatic N) is 1. The third-order valence-corrected chi connectivity index (χ3v) is 1.18. The van der Waals surface area contributed by atoms with Gasteiger partial charge in [0.05, 0.1) is 6.20 Å². The molecule has 0 spiro atoms. The SMILES string of the molecule is COCOc1cc(F)cnc1N. The van der Waals surface area contributed by atoms with Crippen LogP contribution in [-0.2, 0) is 4.74 Å². The minimum absolute atomic E-state index is 0.0231. The maximum Gasteiger partial charge on any atom is 0.188 e. The summed E-state index contributed by atoms with van der Waals surface area (Å²) in [6, 6.07) is 1.15. The summed E-state index contributed by atoms with van der Waals surface area (Å²) in [5.41, 5.74) is 5.37. The normalized spacial score (nSPS) is 9.83. The van der Waals surface area contributed by atoms with Crippen molar-refractivity contribution in [3.05, 3.63) is 18.1 Å². The van der Waals surface area contributed by atoms with Crippen LogP contribution in [0.1, 0.15) is 0 Å². The zero-order valence-electron chi connectivity index (χ0n) is 6.58. The molecule has 0 aliphatic rings. The Bertz CT molecular complexity index is 268. The summed E-state index contributed by atoms with van der Waals surface area (Å²) in [6.07, 6.45) is 1.02. The fourth-order valence-electron chi connectivity index (χ4n) is 0.669. The highest BCUT2D eigenvalue weighted by Crippen LogP contribution is 2.18. The van der Waals surface area contributed by atoms with E-state index in [0.29, 0.717) is 0 Å². The molecule has 0 atom stereocenters. The third kappa shape index (κ3) is 2.06. The summed E-state index contributed by atoms with van der Waals surface area (Å²) >= 11 is 0. The van der Waals surface area contributed by atoms with Gasteiger partial charge in [0.25, 0.3) is 0 Å². The van der Waals surface area contributed by atoms with Crippen LogP contribution < -0.4 is 10.5 Å². The molecule has 5 heteroatoms. The first-order valence-corrected chi connectivity index (χ1v) is 3.27. The Morgan fingerprint density at radius 1 is 1.67 bits per heavy atom. The minimum atomic E-state index is -0.490. The minimum Gasteiger partial charge on any atom is -0.464 e. The number of pyridine rings is 1. The second-order valence-corrected chi connectivity index (χ2v) is 2.09. The number of aromatic nitrogens is 1. The van der Waals surface area contributed by atoms with Crippen molar-refractivity contribution in [3.8, 4) is 5.75 Å². The molecule has 0 amide bonds. The number of rotatable bonds is 3. The van der Waals surface area contributed by atoms with Crippen molar-refractivity contribution in [3.63, 3.8) is 0 Å². The Kier molecular flexibility index (Phi) is 2.82. The van der Waals surface area contributed by atoms with Crippen molar-refractivity contribution in [2.45, 2.75) is 0 Å². The van der Waals surface area contributed by atoms with Gasteiger partial charge in [-0.3, -0.25) is 0 Å². The van der Waals surface area contributed by atoms with Gasteiger partial charge in [-0.1, -0.05) is 0 Å². The average Bonchev–Trinajstić information content (AvgIpc) is 2.07. The zero-order chi connectivity index (χ0) is 8.97. The quantitative estimate of drug-likeness (QED) is 0.684. The Hall–Kier alpha value is -1.36. The summed E-state index contributed by atoms with van der Waals surface area (Å²) in [5.74, 6) is -0.152. The molecular weight excluding hydrogens is 163 g/mol. The second kappa shape index (κ2) is 3.87. The summed E-state index contributed by atoms with van der Waals surface area (Å²) in [7, 11) is 1.46. The van der Waals surface area contributed by atoms with Gasteiger partial charge in [-0.15, -0.1) is 0 Å². The highest BCUT2D eigenvalue weighted by molar-refractivity contribution is 5.44. The largest absolute Gasteiger partial charge is 0.464 e. The molecular formula is C7H9FN2O2. The molecule has 12 heavy (non-hydrogen) atoms. The molecule has 4 nitrogen and oxygen atoms in total. The molecule has 0 saturated carbocycles. The van der Waals surface area contributed by atoms with Crippen LogP contribution in [0, 0.1) is 5.82 Å². The smallest absolute Gasteiger partial charge is 0.188 e. The van der Waals surface area contributed by atoms with Gasteiger partial charge in [0.2, 0.25) is 0 Å². The fourth-order valence-corrected chi connectivity index (χ4v) is 0.669. The highest BCUT2D eigenvalue weighted by Gasteiger charge is 2.02. The standard InChI is InChI=1S/C7H9FN2O2/c1-11-4-12-6-2-5(8)3-10-7(6)9/h2-3H,4H2,1H3,(H2,9,10). The fraction of sp³-hybridized carbons (Fsp3) is 0.286. The van der Waals surface area contributed by atoms with Crippen LogP contribution in [0.5, 0.6) is 5.75 Å². The maximum absolute atomic E-state index is 12.5. The van der Waals surface area contributed by atoms with E-state index in [4.69, 9.17) is 10.5 Å². The Labute approximate surface area is 69.1 Å². The van der Waals surface area contributed by atoms with Gasteiger partial charge in [-0.2, -0.15) is 0 Å². The molecule has 0 saturated heterocycles. The Morgan fingerprint density at radius 2 is 2.42 bits per heavy atom. The molecule has 1 rings (SSSR count). The van der Waals surface area contributed by atoms with E-state index in [1.807, 2.05) is 0 Å². The van der Waals surface area contributed by atoms with Crippen LogP contribution in [0.25, 0.3) is 0 Å². The first-order valence-electron chi connectivity index (χ1n) is 3.27. The molecule has 0 aliphatic heterocycles. The Balaban J connectivity index is 2.75. The molecule has 0 bridgehead atoms. The van der Waals surface area contributed by atoms with E-state index in [9.17, 15) is 4.39 Å². The van der Waals surface area contributed by atoms with Crippen molar-refractivity contribution in [2.75, 3.05) is 19.6 Å². The van der Waals surface area contributed by atoms with Crippen LogP contribution in [0.4, 0.5) is 10.2 Å². The van der Waals surface area contributed by atoms with Crippen molar-refractivity contribution in [2.24, 2.45) is 0 Å². The number of ether oxygens (including phenoxy) is 2. The predicted molar refractivity (Wildman–Crippen MR) is 41.1 cm³/mol. The number of nitrogens with two attached hydrogens (primary N) is 1. The molecule has 1 heterocycles. The summed E-state index contributed by atoms with van der Waals surface area (Å²) in [4.78, 5) is 3.55. The van der Waals surface area contributed by atoms with E-state index >= 15 is 0 Å². The molecule has 0 unspecified atom stereocenters. The molecule has 1 aromatic heterocycles. The topological polar surface area (TPSA) is 57.4 Å². The van der Waals surface area contributed by atoms with Gasteiger partial charge in [-0.25, -0.2) is 9.37 Å². The molecule has 0 aliphatic carbocycles. The second-order valence-electron chi connectivity index (χ2n) is 2.09. The molecule has 66 valence electrons. The van der Waals surface area contributed by atoms with Crippen molar-refractivity contribution < 1.29 is 13.9 Å². The molecule has 0 aromatic carbocycles. The van der Waals surface area contributed by atoms with Crippen molar-refractivity contribution in [1.82, 2.24) is 4.98 Å². The van der Waals surface area contributed by atoms with E-state index < -0.39 is 5.82 Å². The number of anilines is 1. The number of hydrogen-bond acceptors (Lipinski definition) is 4. The summed E-state index contributed by atoms with van der Waals surface area (Å²) in [5, 5.41) is 0. The van der Waals surface area contributed by atoms with E-state index in [2.05, 4.69) is 9.72 Å². The van der Waals surface area contributed by atoms with Crippen LogP contribution in [0.15, 0.2) is 12.3 Å². The molecule has 2 N–H and O–H groups in total. The van der Waals surface area contributed by atoms with Crippen LogP contribution in [0.3, 0.4) is 0 Å². The number of hydrogen-bond donors (Lipinski definition) is 1. The molecule has 0 radical (unpaired) electrons. The maximum atomic E-state index is 12.5.